The van der Waals surface area contributed by atoms with E-state index in [1.807, 2.05) is 17.5 Å². The van der Waals surface area contributed by atoms with E-state index in [1.165, 1.54) is 16.9 Å². The molecule has 0 saturated carbocycles. The van der Waals surface area contributed by atoms with Gasteiger partial charge >= 0.3 is 0 Å². The molecule has 88 valence electrons. The van der Waals surface area contributed by atoms with Crippen LogP contribution >= 0.6 is 11.3 Å². The van der Waals surface area contributed by atoms with E-state index < -0.39 is 0 Å². The Morgan fingerprint density at radius 1 is 1.35 bits per heavy atom. The highest BCUT2D eigenvalue weighted by Gasteiger charge is 2.13. The molecule has 17 heavy (non-hydrogen) atoms. The second kappa shape index (κ2) is 5.54. The van der Waals surface area contributed by atoms with Gasteiger partial charge in [0.2, 0.25) is 0 Å². The first kappa shape index (κ1) is 11.7. The van der Waals surface area contributed by atoms with Crippen LogP contribution in [0.1, 0.15) is 15.4 Å². The summed E-state index contributed by atoms with van der Waals surface area (Å²) in [7, 11) is 1.80. The maximum Gasteiger partial charge on any atom is 0.282 e. The third kappa shape index (κ3) is 3.10. The number of pyridine rings is 1. The molecule has 0 atom stereocenters. The first-order valence-corrected chi connectivity index (χ1v) is 6.19. The maximum absolute atomic E-state index is 11.9. The summed E-state index contributed by atoms with van der Waals surface area (Å²) >= 11 is 1.37. The molecule has 0 aliphatic heterocycles. The fraction of sp³-hybridized carbons (Fsp3) is 0.250. The quantitative estimate of drug-likeness (QED) is 0.828. The number of nitrogens with zero attached hydrogens (tertiary/aromatic N) is 3. The molecule has 5 heteroatoms. The number of carbonyl (C=O) groups excluding carboxylic acids is 1. The van der Waals surface area contributed by atoms with Crippen molar-refractivity contribution < 1.29 is 4.79 Å². The molecule has 0 spiro atoms. The Morgan fingerprint density at radius 3 is 2.76 bits per heavy atom. The van der Waals surface area contributed by atoms with Crippen LogP contribution in [0.2, 0.25) is 0 Å². The van der Waals surface area contributed by atoms with Gasteiger partial charge in [0, 0.05) is 37.6 Å². The van der Waals surface area contributed by atoms with Crippen LogP contribution in [0, 0.1) is 0 Å². The van der Waals surface area contributed by atoms with Crippen LogP contribution in [0.5, 0.6) is 0 Å². The number of aromatic nitrogens is 2. The largest absolute Gasteiger partial charge is 0.339 e. The predicted octanol–water partition coefficient (Wildman–Crippen LogP) is 1.85. The summed E-state index contributed by atoms with van der Waals surface area (Å²) in [5.74, 6) is -0.0194. The van der Waals surface area contributed by atoms with Gasteiger partial charge in [-0.25, -0.2) is 4.98 Å². The van der Waals surface area contributed by atoms with Crippen molar-refractivity contribution in [3.8, 4) is 0 Å². The number of hydrogen-bond acceptors (Lipinski definition) is 4. The molecule has 2 heterocycles. The molecule has 2 aromatic rings. The second-order valence-electron chi connectivity index (χ2n) is 3.67. The van der Waals surface area contributed by atoms with Crippen molar-refractivity contribution in [2.75, 3.05) is 13.6 Å². The Balaban J connectivity index is 1.90. The molecule has 1 amide bonds. The molecule has 0 aliphatic rings. The number of thiazole rings is 1. The predicted molar refractivity (Wildman–Crippen MR) is 67.0 cm³/mol. The molecule has 0 aromatic carbocycles. The molecule has 2 rings (SSSR count). The van der Waals surface area contributed by atoms with Gasteiger partial charge in [-0.05, 0) is 24.1 Å². The summed E-state index contributed by atoms with van der Waals surface area (Å²) in [5.41, 5.74) is 1.18. The fourth-order valence-corrected chi connectivity index (χ4v) is 2.07. The van der Waals surface area contributed by atoms with Crippen molar-refractivity contribution in [2.45, 2.75) is 6.42 Å². The summed E-state index contributed by atoms with van der Waals surface area (Å²) in [6.45, 7) is 0.683. The van der Waals surface area contributed by atoms with Crippen LogP contribution in [-0.2, 0) is 6.42 Å². The molecule has 4 nitrogen and oxygen atoms in total. The zero-order valence-corrected chi connectivity index (χ0v) is 10.4. The van der Waals surface area contributed by atoms with Gasteiger partial charge in [-0.2, -0.15) is 0 Å². The first-order chi connectivity index (χ1) is 8.27. The molecule has 0 aliphatic carbocycles. The Bertz CT molecular complexity index is 470. The van der Waals surface area contributed by atoms with E-state index in [-0.39, 0.29) is 5.91 Å². The molecule has 0 fully saturated rings. The number of rotatable bonds is 4. The average Bonchev–Trinajstić information content (AvgIpc) is 2.90. The minimum Gasteiger partial charge on any atom is -0.339 e. The summed E-state index contributed by atoms with van der Waals surface area (Å²) in [6, 6.07) is 3.92. The lowest BCUT2D eigenvalue weighted by Crippen LogP contribution is -2.28. The van der Waals surface area contributed by atoms with E-state index >= 15 is 0 Å². The Kier molecular flexibility index (Phi) is 3.82. The second-order valence-corrected chi connectivity index (χ2v) is 4.56. The van der Waals surface area contributed by atoms with Gasteiger partial charge in [-0.3, -0.25) is 9.78 Å². The van der Waals surface area contributed by atoms with Gasteiger partial charge in [0.1, 0.15) is 0 Å². The Morgan fingerprint density at radius 2 is 2.12 bits per heavy atom. The Hall–Kier alpha value is -1.75. The minimum absolute atomic E-state index is 0.0194. The van der Waals surface area contributed by atoms with Gasteiger partial charge in [0.25, 0.3) is 5.91 Å². The Labute approximate surface area is 104 Å². The third-order valence-corrected chi connectivity index (χ3v) is 3.21. The van der Waals surface area contributed by atoms with Gasteiger partial charge in [0.05, 0.1) is 0 Å². The summed E-state index contributed by atoms with van der Waals surface area (Å²) in [6.07, 6.45) is 6.00. The van der Waals surface area contributed by atoms with Crippen LogP contribution in [0.3, 0.4) is 0 Å². The van der Waals surface area contributed by atoms with Crippen LogP contribution in [0.15, 0.2) is 36.1 Å². The number of carbonyl (C=O) groups is 1. The van der Waals surface area contributed by atoms with E-state index in [4.69, 9.17) is 0 Å². The number of amides is 1. The zero-order chi connectivity index (χ0) is 12.1. The van der Waals surface area contributed by atoms with Gasteiger partial charge < -0.3 is 4.90 Å². The molecular formula is C12H13N3OS. The molecule has 0 saturated heterocycles. The summed E-state index contributed by atoms with van der Waals surface area (Å²) in [4.78, 5) is 21.6. The first-order valence-electron chi connectivity index (χ1n) is 5.31. The van der Waals surface area contributed by atoms with Crippen LogP contribution < -0.4 is 0 Å². The lowest BCUT2D eigenvalue weighted by atomic mass is 10.2. The highest BCUT2D eigenvalue weighted by atomic mass is 32.1. The summed E-state index contributed by atoms with van der Waals surface area (Å²) < 4.78 is 0. The van der Waals surface area contributed by atoms with E-state index in [9.17, 15) is 4.79 Å². The van der Waals surface area contributed by atoms with Crippen LogP contribution in [0.25, 0.3) is 0 Å². The van der Waals surface area contributed by atoms with Crippen molar-refractivity contribution in [2.24, 2.45) is 0 Å². The zero-order valence-electron chi connectivity index (χ0n) is 9.54. The van der Waals surface area contributed by atoms with Crippen molar-refractivity contribution in [3.63, 3.8) is 0 Å². The molecule has 0 unspecified atom stereocenters. The van der Waals surface area contributed by atoms with Gasteiger partial charge in [-0.15, -0.1) is 11.3 Å². The SMILES string of the molecule is CN(CCc1ccncc1)C(=O)c1nccs1. The van der Waals surface area contributed by atoms with E-state index in [2.05, 4.69) is 9.97 Å². The molecule has 0 N–H and O–H groups in total. The standard InChI is InChI=1S/C12H13N3OS/c1-15(12(16)11-14-7-9-17-11)8-4-10-2-5-13-6-3-10/h2-3,5-7,9H,4,8H2,1H3. The topological polar surface area (TPSA) is 46.1 Å². The van der Waals surface area contributed by atoms with Gasteiger partial charge in [0.15, 0.2) is 5.01 Å². The van der Waals surface area contributed by atoms with Crippen molar-refractivity contribution in [1.29, 1.82) is 0 Å². The van der Waals surface area contributed by atoms with E-state index in [0.717, 1.165) is 6.42 Å². The highest BCUT2D eigenvalue weighted by molar-refractivity contribution is 7.11. The molecular weight excluding hydrogens is 234 g/mol. The number of likely N-dealkylation sites (N-methyl/N-ethyl adjacent to an activating group) is 1. The monoisotopic (exact) mass is 247 g/mol. The highest BCUT2D eigenvalue weighted by Crippen LogP contribution is 2.08. The van der Waals surface area contributed by atoms with Crippen molar-refractivity contribution in [3.05, 3.63) is 46.7 Å². The van der Waals surface area contributed by atoms with Crippen LogP contribution in [0.4, 0.5) is 0 Å². The van der Waals surface area contributed by atoms with E-state index in [1.54, 1.807) is 30.5 Å². The van der Waals surface area contributed by atoms with Crippen LogP contribution in [-0.4, -0.2) is 34.4 Å². The van der Waals surface area contributed by atoms with E-state index in [0.29, 0.717) is 11.6 Å². The average molecular weight is 247 g/mol. The van der Waals surface area contributed by atoms with Crippen molar-refractivity contribution >= 4 is 17.2 Å². The lowest BCUT2D eigenvalue weighted by Gasteiger charge is -2.15. The minimum atomic E-state index is -0.0194. The fourth-order valence-electron chi connectivity index (χ4n) is 1.44. The van der Waals surface area contributed by atoms with Gasteiger partial charge in [-0.1, -0.05) is 0 Å². The third-order valence-electron chi connectivity index (χ3n) is 2.45. The maximum atomic E-state index is 11.9. The number of hydrogen-bond donors (Lipinski definition) is 0. The molecule has 0 radical (unpaired) electrons. The summed E-state index contributed by atoms with van der Waals surface area (Å²) in [5, 5.41) is 2.35. The lowest BCUT2D eigenvalue weighted by molar-refractivity contribution is 0.0796. The normalized spacial score (nSPS) is 10.2. The molecule has 0 bridgehead atoms. The molecule has 2 aromatic heterocycles. The van der Waals surface area contributed by atoms with Crippen molar-refractivity contribution in [1.82, 2.24) is 14.9 Å². The smallest absolute Gasteiger partial charge is 0.282 e.